The van der Waals surface area contributed by atoms with E-state index in [-0.39, 0.29) is 0 Å². The summed E-state index contributed by atoms with van der Waals surface area (Å²) >= 11 is 1.83. The lowest BCUT2D eigenvalue weighted by molar-refractivity contribution is 0.913. The number of hydrogen-bond donors (Lipinski definition) is 1. The van der Waals surface area contributed by atoms with Gasteiger partial charge in [0, 0.05) is 11.8 Å². The summed E-state index contributed by atoms with van der Waals surface area (Å²) in [5.41, 5.74) is 2.61. The summed E-state index contributed by atoms with van der Waals surface area (Å²) < 4.78 is 0. The summed E-state index contributed by atoms with van der Waals surface area (Å²) in [6.07, 6.45) is 0. The van der Waals surface area contributed by atoms with Crippen LogP contribution in [-0.4, -0.2) is 17.0 Å². The Hall–Kier alpha value is -0.960. The van der Waals surface area contributed by atoms with Gasteiger partial charge in [0.1, 0.15) is 0 Å². The molecule has 1 aliphatic heterocycles. The van der Waals surface area contributed by atoms with Crippen molar-refractivity contribution in [3.63, 3.8) is 0 Å². The Morgan fingerprint density at radius 3 is 2.73 bits per heavy atom. The molecular weight excluding hydrogens is 204 g/mol. The van der Waals surface area contributed by atoms with Crippen molar-refractivity contribution in [2.75, 3.05) is 6.54 Å². The molecule has 0 fully saturated rings. The second-order valence-corrected chi connectivity index (χ2v) is 5.34. The molecule has 1 atom stereocenters. The quantitative estimate of drug-likeness (QED) is 0.828. The van der Waals surface area contributed by atoms with Crippen molar-refractivity contribution in [2.24, 2.45) is 4.99 Å². The Kier molecular flexibility index (Phi) is 3.31. The van der Waals surface area contributed by atoms with Crippen LogP contribution in [0.3, 0.4) is 0 Å². The van der Waals surface area contributed by atoms with Gasteiger partial charge in [0.2, 0.25) is 0 Å². The molecule has 2 nitrogen and oxygen atoms in total. The van der Waals surface area contributed by atoms with Crippen molar-refractivity contribution in [2.45, 2.75) is 25.6 Å². The van der Waals surface area contributed by atoms with Crippen molar-refractivity contribution >= 4 is 16.9 Å². The van der Waals surface area contributed by atoms with Crippen molar-refractivity contribution in [1.29, 1.82) is 0 Å². The third-order valence-electron chi connectivity index (χ3n) is 2.37. The van der Waals surface area contributed by atoms with Crippen LogP contribution in [0, 0.1) is 6.92 Å². The van der Waals surface area contributed by atoms with E-state index in [9.17, 15) is 0 Å². The largest absolute Gasteiger partial charge is 0.361 e. The van der Waals surface area contributed by atoms with E-state index in [0.717, 1.165) is 18.3 Å². The van der Waals surface area contributed by atoms with Gasteiger partial charge in [-0.3, -0.25) is 4.99 Å². The molecule has 3 heteroatoms. The van der Waals surface area contributed by atoms with Gasteiger partial charge < -0.3 is 5.32 Å². The number of aliphatic imine (C=N–C) groups is 1. The van der Waals surface area contributed by atoms with Gasteiger partial charge >= 0.3 is 0 Å². The van der Waals surface area contributed by atoms with E-state index in [1.807, 2.05) is 11.8 Å². The molecule has 0 radical (unpaired) electrons. The molecule has 1 unspecified atom stereocenters. The van der Waals surface area contributed by atoms with E-state index in [4.69, 9.17) is 0 Å². The molecule has 1 aliphatic rings. The third-order valence-corrected chi connectivity index (χ3v) is 3.42. The van der Waals surface area contributed by atoms with Crippen molar-refractivity contribution < 1.29 is 0 Å². The number of nitrogens with zero attached hydrogens (tertiary/aromatic N) is 1. The summed E-state index contributed by atoms with van der Waals surface area (Å²) in [7, 11) is 0. The first-order chi connectivity index (χ1) is 7.24. The second kappa shape index (κ2) is 4.71. The minimum absolute atomic E-state index is 0.630. The average Bonchev–Trinajstić information content (AvgIpc) is 2.64. The number of aryl methyl sites for hydroxylation is 1. The average molecular weight is 220 g/mol. The Morgan fingerprint density at radius 1 is 1.40 bits per heavy atom. The first kappa shape index (κ1) is 10.6. The van der Waals surface area contributed by atoms with Gasteiger partial charge in [-0.15, -0.1) is 0 Å². The van der Waals surface area contributed by atoms with E-state index in [0.29, 0.717) is 5.25 Å². The molecule has 0 spiro atoms. The highest BCUT2D eigenvalue weighted by atomic mass is 32.2. The molecule has 0 saturated carbocycles. The molecular formula is C12H16N2S. The Labute approximate surface area is 95.2 Å². The van der Waals surface area contributed by atoms with Crippen LogP contribution in [0.15, 0.2) is 29.3 Å². The van der Waals surface area contributed by atoms with Crippen LogP contribution in [-0.2, 0) is 6.54 Å². The van der Waals surface area contributed by atoms with Crippen LogP contribution in [0.4, 0.5) is 0 Å². The summed E-state index contributed by atoms with van der Waals surface area (Å²) in [6.45, 7) is 6.13. The first-order valence-corrected chi connectivity index (χ1v) is 6.12. The van der Waals surface area contributed by atoms with Crippen LogP contribution in [0.5, 0.6) is 0 Å². The van der Waals surface area contributed by atoms with Crippen LogP contribution in [0.1, 0.15) is 18.1 Å². The first-order valence-electron chi connectivity index (χ1n) is 5.24. The molecule has 0 saturated heterocycles. The maximum absolute atomic E-state index is 4.42. The fourth-order valence-corrected chi connectivity index (χ4v) is 2.29. The molecule has 1 aromatic rings. The molecule has 1 heterocycles. The van der Waals surface area contributed by atoms with Gasteiger partial charge in [-0.25, -0.2) is 0 Å². The molecule has 0 aromatic heterocycles. The van der Waals surface area contributed by atoms with Gasteiger partial charge in [0.15, 0.2) is 5.17 Å². The van der Waals surface area contributed by atoms with E-state index < -0.39 is 0 Å². The van der Waals surface area contributed by atoms with E-state index in [2.05, 4.69) is 48.4 Å². The van der Waals surface area contributed by atoms with Crippen LogP contribution < -0.4 is 5.32 Å². The molecule has 2 rings (SSSR count). The van der Waals surface area contributed by atoms with Crippen molar-refractivity contribution in [3.05, 3.63) is 35.4 Å². The number of nitrogens with one attached hydrogen (secondary N) is 1. The molecule has 0 amide bonds. The lowest BCUT2D eigenvalue weighted by Gasteiger charge is -2.06. The van der Waals surface area contributed by atoms with Crippen LogP contribution in [0.25, 0.3) is 0 Å². The van der Waals surface area contributed by atoms with E-state index >= 15 is 0 Å². The third kappa shape index (κ3) is 2.99. The van der Waals surface area contributed by atoms with Crippen LogP contribution in [0.2, 0.25) is 0 Å². The van der Waals surface area contributed by atoms with E-state index in [1.54, 1.807) is 0 Å². The fourth-order valence-electron chi connectivity index (χ4n) is 1.46. The highest BCUT2D eigenvalue weighted by molar-refractivity contribution is 8.14. The number of benzene rings is 1. The minimum atomic E-state index is 0.630. The Morgan fingerprint density at radius 2 is 2.13 bits per heavy atom. The minimum Gasteiger partial charge on any atom is -0.361 e. The lowest BCUT2D eigenvalue weighted by atomic mass is 10.1. The molecule has 1 aromatic carbocycles. The summed E-state index contributed by atoms with van der Waals surface area (Å²) in [6, 6.07) is 8.60. The molecule has 1 N–H and O–H groups in total. The molecule has 80 valence electrons. The smallest absolute Gasteiger partial charge is 0.157 e. The summed E-state index contributed by atoms with van der Waals surface area (Å²) in [4.78, 5) is 4.42. The number of thioether (sulfide) groups is 1. The highest BCUT2D eigenvalue weighted by Crippen LogP contribution is 2.18. The maximum atomic E-state index is 4.42. The van der Waals surface area contributed by atoms with Crippen molar-refractivity contribution in [3.8, 4) is 0 Å². The van der Waals surface area contributed by atoms with Crippen molar-refractivity contribution in [1.82, 2.24) is 5.32 Å². The SMILES string of the molecule is Cc1ccc(CNC2=NCC(C)S2)cc1. The molecule has 0 bridgehead atoms. The van der Waals surface area contributed by atoms with Crippen LogP contribution >= 0.6 is 11.8 Å². The lowest BCUT2D eigenvalue weighted by Crippen LogP contribution is -2.18. The fraction of sp³-hybridized carbons (Fsp3) is 0.417. The van der Waals surface area contributed by atoms with Gasteiger partial charge in [-0.2, -0.15) is 0 Å². The Bertz CT molecular complexity index is 356. The van der Waals surface area contributed by atoms with Gasteiger partial charge in [-0.05, 0) is 12.5 Å². The number of amidine groups is 1. The summed E-state index contributed by atoms with van der Waals surface area (Å²) in [5.74, 6) is 0. The predicted molar refractivity (Wildman–Crippen MR) is 67.4 cm³/mol. The normalized spacial score (nSPS) is 20.1. The maximum Gasteiger partial charge on any atom is 0.157 e. The number of rotatable bonds is 2. The second-order valence-electron chi connectivity index (χ2n) is 3.91. The van der Waals surface area contributed by atoms with E-state index in [1.165, 1.54) is 11.1 Å². The zero-order chi connectivity index (χ0) is 10.7. The zero-order valence-corrected chi connectivity index (χ0v) is 9.97. The predicted octanol–water partition coefficient (Wildman–Crippen LogP) is 2.58. The standard InChI is InChI=1S/C12H16N2S/c1-9-3-5-11(6-4-9)8-14-12-13-7-10(2)15-12/h3-6,10H,7-8H2,1-2H3,(H,13,14). The molecule has 15 heavy (non-hydrogen) atoms. The number of hydrogen-bond acceptors (Lipinski definition) is 3. The Balaban J connectivity index is 1.86. The van der Waals surface area contributed by atoms with Gasteiger partial charge in [0.05, 0.1) is 6.54 Å². The summed E-state index contributed by atoms with van der Waals surface area (Å²) in [5, 5.41) is 5.08. The monoisotopic (exact) mass is 220 g/mol. The molecule has 0 aliphatic carbocycles. The zero-order valence-electron chi connectivity index (χ0n) is 9.16. The van der Waals surface area contributed by atoms with Gasteiger partial charge in [0.25, 0.3) is 0 Å². The topological polar surface area (TPSA) is 24.4 Å². The van der Waals surface area contributed by atoms with Gasteiger partial charge in [-0.1, -0.05) is 48.5 Å². The highest BCUT2D eigenvalue weighted by Gasteiger charge is 2.13.